The van der Waals surface area contributed by atoms with Gasteiger partial charge in [0.25, 0.3) is 0 Å². The van der Waals surface area contributed by atoms with Gasteiger partial charge in [0.15, 0.2) is 0 Å². The molecule has 18 heavy (non-hydrogen) atoms. The van der Waals surface area contributed by atoms with Gasteiger partial charge < -0.3 is 10.6 Å². The van der Waals surface area contributed by atoms with E-state index in [1.165, 1.54) is 18.9 Å². The van der Waals surface area contributed by atoms with Gasteiger partial charge >= 0.3 is 6.18 Å². The van der Waals surface area contributed by atoms with Crippen molar-refractivity contribution in [2.24, 2.45) is 0 Å². The van der Waals surface area contributed by atoms with Crippen LogP contribution in [0.1, 0.15) is 24.0 Å². The molecule has 1 aliphatic carbocycles. The molecule has 0 amide bonds. The maximum Gasteiger partial charge on any atom is 0.418 e. The van der Waals surface area contributed by atoms with E-state index in [0.717, 1.165) is 11.6 Å². The topological polar surface area (TPSA) is 24.1 Å². The highest BCUT2D eigenvalue weighted by Crippen LogP contribution is 2.38. The van der Waals surface area contributed by atoms with E-state index < -0.39 is 11.7 Å². The van der Waals surface area contributed by atoms with E-state index in [4.69, 9.17) is 0 Å². The zero-order valence-electron chi connectivity index (χ0n) is 9.85. The van der Waals surface area contributed by atoms with Crippen LogP contribution in [0.5, 0.6) is 0 Å². The zero-order valence-corrected chi connectivity index (χ0v) is 9.85. The van der Waals surface area contributed by atoms with Crippen molar-refractivity contribution in [3.63, 3.8) is 0 Å². The molecule has 0 radical (unpaired) electrons. The minimum atomic E-state index is -4.28. The highest BCUT2D eigenvalue weighted by Gasteiger charge is 2.36. The summed E-state index contributed by atoms with van der Waals surface area (Å²) in [7, 11) is 0. The molecule has 5 heteroatoms. The molecular formula is C13H15F3N2. The number of hydrogen-bond donors (Lipinski definition) is 2. The first-order chi connectivity index (χ1) is 8.54. The number of nitrogens with one attached hydrogen (secondary N) is 2. The summed E-state index contributed by atoms with van der Waals surface area (Å²) >= 11 is 0. The SMILES string of the molecule is FC(F)(F)c1cccc2c1NCC(NC1CC1)C2. The molecule has 1 saturated carbocycles. The van der Waals surface area contributed by atoms with Crippen LogP contribution in [0.3, 0.4) is 0 Å². The van der Waals surface area contributed by atoms with E-state index in [1.54, 1.807) is 6.07 Å². The molecular weight excluding hydrogens is 241 g/mol. The molecule has 1 unspecified atom stereocenters. The summed E-state index contributed by atoms with van der Waals surface area (Å²) in [6, 6.07) is 5.22. The van der Waals surface area contributed by atoms with Crippen LogP contribution >= 0.6 is 0 Å². The Hall–Kier alpha value is -1.23. The van der Waals surface area contributed by atoms with Crippen LogP contribution in [-0.4, -0.2) is 18.6 Å². The lowest BCUT2D eigenvalue weighted by Gasteiger charge is -2.29. The summed E-state index contributed by atoms with van der Waals surface area (Å²) in [6.07, 6.45) is -1.24. The number of fused-ring (bicyclic) bond motifs is 1. The second kappa shape index (κ2) is 4.16. The summed E-state index contributed by atoms with van der Waals surface area (Å²) in [5.41, 5.74) is 0.470. The van der Waals surface area contributed by atoms with E-state index in [9.17, 15) is 13.2 Å². The third kappa shape index (κ3) is 2.32. The number of anilines is 1. The first-order valence-electron chi connectivity index (χ1n) is 6.23. The molecule has 0 spiro atoms. The van der Waals surface area contributed by atoms with Crippen molar-refractivity contribution in [2.45, 2.75) is 37.5 Å². The molecule has 2 N–H and O–H groups in total. The van der Waals surface area contributed by atoms with Crippen molar-refractivity contribution >= 4 is 5.69 Å². The fourth-order valence-electron chi connectivity index (χ4n) is 2.48. The van der Waals surface area contributed by atoms with Gasteiger partial charge in [0.05, 0.1) is 5.56 Å². The summed E-state index contributed by atoms with van der Waals surface area (Å²) in [4.78, 5) is 0. The number of alkyl halides is 3. The van der Waals surface area contributed by atoms with Gasteiger partial charge in [0.1, 0.15) is 0 Å². The second-order valence-electron chi connectivity index (χ2n) is 5.06. The number of hydrogen-bond acceptors (Lipinski definition) is 2. The Labute approximate surface area is 104 Å². The Bertz CT molecular complexity index is 452. The van der Waals surface area contributed by atoms with Crippen LogP contribution in [0.25, 0.3) is 0 Å². The second-order valence-corrected chi connectivity index (χ2v) is 5.06. The van der Waals surface area contributed by atoms with E-state index in [2.05, 4.69) is 10.6 Å². The average Bonchev–Trinajstić information content (AvgIpc) is 3.10. The molecule has 1 fully saturated rings. The van der Waals surface area contributed by atoms with Gasteiger partial charge in [-0.25, -0.2) is 0 Å². The molecule has 2 aliphatic rings. The number of rotatable bonds is 2. The molecule has 1 aromatic rings. The van der Waals surface area contributed by atoms with Crippen LogP contribution in [0, 0.1) is 0 Å². The molecule has 0 bridgehead atoms. The van der Waals surface area contributed by atoms with Crippen molar-refractivity contribution in [3.05, 3.63) is 29.3 Å². The van der Waals surface area contributed by atoms with Crippen molar-refractivity contribution in [1.82, 2.24) is 5.32 Å². The molecule has 3 rings (SSSR count). The first-order valence-corrected chi connectivity index (χ1v) is 6.23. The number of para-hydroxylation sites is 1. The van der Waals surface area contributed by atoms with Crippen LogP contribution in [-0.2, 0) is 12.6 Å². The minimum absolute atomic E-state index is 0.244. The lowest BCUT2D eigenvalue weighted by atomic mass is 9.96. The molecule has 2 nitrogen and oxygen atoms in total. The summed E-state index contributed by atoms with van der Waals surface area (Å²) in [5, 5.41) is 6.39. The first kappa shape index (κ1) is 11.8. The van der Waals surface area contributed by atoms with Gasteiger partial charge in [-0.15, -0.1) is 0 Å². The van der Waals surface area contributed by atoms with Crippen molar-refractivity contribution in [1.29, 1.82) is 0 Å². The molecule has 1 atom stereocenters. The highest BCUT2D eigenvalue weighted by atomic mass is 19.4. The van der Waals surface area contributed by atoms with Gasteiger partial charge in [0, 0.05) is 24.3 Å². The third-order valence-electron chi connectivity index (χ3n) is 3.50. The summed E-state index contributed by atoms with van der Waals surface area (Å²) < 4.78 is 38.5. The van der Waals surface area contributed by atoms with Gasteiger partial charge in [-0.05, 0) is 30.9 Å². The van der Waals surface area contributed by atoms with Gasteiger partial charge in [0.2, 0.25) is 0 Å². The van der Waals surface area contributed by atoms with Crippen molar-refractivity contribution < 1.29 is 13.2 Å². The Morgan fingerprint density at radius 2 is 1.94 bits per heavy atom. The van der Waals surface area contributed by atoms with Crippen molar-refractivity contribution in [2.75, 3.05) is 11.9 Å². The van der Waals surface area contributed by atoms with Gasteiger partial charge in [-0.1, -0.05) is 12.1 Å². The van der Waals surface area contributed by atoms with E-state index in [0.29, 0.717) is 19.0 Å². The molecule has 1 aromatic carbocycles. The number of benzene rings is 1. The predicted molar refractivity (Wildman–Crippen MR) is 63.6 cm³/mol. The van der Waals surface area contributed by atoms with Gasteiger partial charge in [-0.2, -0.15) is 13.2 Å². The smallest absolute Gasteiger partial charge is 0.383 e. The zero-order chi connectivity index (χ0) is 12.8. The Morgan fingerprint density at radius 3 is 2.61 bits per heavy atom. The van der Waals surface area contributed by atoms with E-state index in [-0.39, 0.29) is 11.7 Å². The van der Waals surface area contributed by atoms with Crippen LogP contribution in [0.2, 0.25) is 0 Å². The lowest BCUT2D eigenvalue weighted by Crippen LogP contribution is -2.41. The average molecular weight is 256 g/mol. The van der Waals surface area contributed by atoms with E-state index >= 15 is 0 Å². The fraction of sp³-hybridized carbons (Fsp3) is 0.538. The Morgan fingerprint density at radius 1 is 1.17 bits per heavy atom. The lowest BCUT2D eigenvalue weighted by molar-refractivity contribution is -0.137. The maximum atomic E-state index is 12.8. The normalized spacial score (nSPS) is 23.4. The van der Waals surface area contributed by atoms with Gasteiger partial charge in [-0.3, -0.25) is 0 Å². The molecule has 0 saturated heterocycles. The molecule has 1 aliphatic heterocycles. The summed E-state index contributed by atoms with van der Waals surface area (Å²) in [6.45, 7) is 0.566. The molecule has 0 aromatic heterocycles. The minimum Gasteiger partial charge on any atom is -0.383 e. The number of halogens is 3. The monoisotopic (exact) mass is 256 g/mol. The third-order valence-corrected chi connectivity index (χ3v) is 3.50. The maximum absolute atomic E-state index is 12.8. The highest BCUT2D eigenvalue weighted by molar-refractivity contribution is 5.61. The van der Waals surface area contributed by atoms with E-state index in [1.807, 2.05) is 0 Å². The summed E-state index contributed by atoms with van der Waals surface area (Å²) in [5.74, 6) is 0. The fourth-order valence-corrected chi connectivity index (χ4v) is 2.48. The van der Waals surface area contributed by atoms with Crippen LogP contribution in [0.4, 0.5) is 18.9 Å². The Kier molecular flexibility index (Phi) is 2.73. The van der Waals surface area contributed by atoms with Crippen LogP contribution in [0.15, 0.2) is 18.2 Å². The quantitative estimate of drug-likeness (QED) is 0.850. The predicted octanol–water partition coefficient (Wildman–Crippen LogP) is 2.79. The standard InChI is InChI=1S/C13H15F3N2/c14-13(15,16)11-3-1-2-8-6-10(7-17-12(8)11)18-9-4-5-9/h1-3,9-10,17-18H,4-7H2. The van der Waals surface area contributed by atoms with Crippen LogP contribution < -0.4 is 10.6 Å². The Balaban J connectivity index is 1.83. The molecule has 98 valence electrons. The largest absolute Gasteiger partial charge is 0.418 e. The molecule has 1 heterocycles. The van der Waals surface area contributed by atoms with Crippen molar-refractivity contribution in [3.8, 4) is 0 Å².